The molecule has 0 unspecified atom stereocenters. The van der Waals surface area contributed by atoms with Gasteiger partial charge >= 0.3 is 0 Å². The molecule has 0 aliphatic heterocycles. The lowest BCUT2D eigenvalue weighted by Gasteiger charge is -2.09. The number of rotatable bonds is 4. The smallest absolute Gasteiger partial charge is 0.187 e. The number of nitrogens with zero attached hydrogens (tertiary/aromatic N) is 1. The quantitative estimate of drug-likeness (QED) is 0.698. The molecule has 1 atom stereocenters. The highest BCUT2D eigenvalue weighted by molar-refractivity contribution is 5.46. The van der Waals surface area contributed by atoms with Crippen LogP contribution in [0.4, 0.5) is 5.69 Å². The molecule has 0 spiro atoms. The second-order valence-electron chi connectivity index (χ2n) is 2.81. The summed E-state index contributed by atoms with van der Waals surface area (Å²) in [7, 11) is 0. The van der Waals surface area contributed by atoms with Gasteiger partial charge in [-0.15, -0.1) is 0 Å². The van der Waals surface area contributed by atoms with Crippen LogP contribution in [0.15, 0.2) is 24.3 Å². The van der Waals surface area contributed by atoms with Gasteiger partial charge in [-0.1, -0.05) is 12.1 Å². The Balaban J connectivity index is 2.49. The number of aliphatic hydroxyl groups is 1. The van der Waals surface area contributed by atoms with E-state index >= 15 is 0 Å². The van der Waals surface area contributed by atoms with Gasteiger partial charge in [0.15, 0.2) is 5.69 Å². The monoisotopic (exact) mass is 192 g/mol. The summed E-state index contributed by atoms with van der Waals surface area (Å²) in [6, 6.07) is 6.71. The first-order chi connectivity index (χ1) is 6.76. The van der Waals surface area contributed by atoms with Crippen molar-refractivity contribution in [1.82, 2.24) is 0 Å². The Morgan fingerprint density at radius 1 is 1.43 bits per heavy atom. The minimum absolute atomic E-state index is 0.174. The van der Waals surface area contributed by atoms with Gasteiger partial charge in [0.1, 0.15) is 18.5 Å². The van der Waals surface area contributed by atoms with Crippen molar-refractivity contribution in [1.29, 1.82) is 0 Å². The topological polar surface area (TPSA) is 59.8 Å². The van der Waals surface area contributed by atoms with Gasteiger partial charge in [-0.05, 0) is 12.1 Å². The molecule has 14 heavy (non-hydrogen) atoms. The summed E-state index contributed by atoms with van der Waals surface area (Å²) in [6.45, 7) is 7.10. The molecule has 0 aromatic heterocycles. The Bertz CT molecular complexity index is 316. The molecule has 1 aromatic rings. The van der Waals surface area contributed by atoms with Gasteiger partial charge in [0, 0.05) is 6.54 Å². The third-order valence-electron chi connectivity index (χ3n) is 1.68. The number of hydrogen-bond acceptors (Lipinski definition) is 3. The van der Waals surface area contributed by atoms with E-state index in [1.807, 2.05) is 0 Å². The largest absolute Gasteiger partial charge is 0.491 e. The Labute approximate surface area is 82.7 Å². The highest BCUT2D eigenvalue weighted by atomic mass is 16.5. The van der Waals surface area contributed by atoms with Crippen molar-refractivity contribution >= 4 is 5.69 Å². The fourth-order valence-electron chi connectivity index (χ4n) is 0.877. The molecule has 0 saturated carbocycles. The van der Waals surface area contributed by atoms with Crippen molar-refractivity contribution in [3.8, 4) is 5.75 Å². The van der Waals surface area contributed by atoms with Gasteiger partial charge < -0.3 is 15.6 Å². The average molecular weight is 192 g/mol. The molecule has 0 fully saturated rings. The van der Waals surface area contributed by atoms with Crippen LogP contribution in [0.3, 0.4) is 0 Å². The van der Waals surface area contributed by atoms with Crippen LogP contribution in [-0.2, 0) is 0 Å². The van der Waals surface area contributed by atoms with Crippen LogP contribution in [0, 0.1) is 6.57 Å². The maximum Gasteiger partial charge on any atom is 0.187 e. The number of ether oxygens (including phenoxy) is 1. The van der Waals surface area contributed by atoms with E-state index in [-0.39, 0.29) is 13.2 Å². The molecule has 0 bridgehead atoms. The van der Waals surface area contributed by atoms with Gasteiger partial charge in [-0.25, -0.2) is 4.85 Å². The van der Waals surface area contributed by atoms with E-state index in [1.54, 1.807) is 24.3 Å². The van der Waals surface area contributed by atoms with Crippen LogP contribution in [0.5, 0.6) is 5.75 Å². The highest BCUT2D eigenvalue weighted by Crippen LogP contribution is 2.17. The van der Waals surface area contributed by atoms with E-state index in [0.29, 0.717) is 11.4 Å². The van der Waals surface area contributed by atoms with E-state index in [2.05, 4.69) is 4.85 Å². The first kappa shape index (κ1) is 10.5. The maximum absolute atomic E-state index is 9.12. The standard InChI is InChI=1S/C10H12N2O2/c1-12-8-2-4-10(5-3-8)14-7-9(13)6-11/h2-5,9,13H,6-7,11H2/t9-/m1/s1. The zero-order valence-electron chi connectivity index (χ0n) is 7.68. The van der Waals surface area contributed by atoms with Crippen LogP contribution >= 0.6 is 0 Å². The van der Waals surface area contributed by atoms with Gasteiger partial charge in [0.05, 0.1) is 6.57 Å². The van der Waals surface area contributed by atoms with Crippen molar-refractivity contribution in [2.45, 2.75) is 6.10 Å². The lowest BCUT2D eigenvalue weighted by Crippen LogP contribution is -2.26. The minimum Gasteiger partial charge on any atom is -0.491 e. The Morgan fingerprint density at radius 3 is 2.57 bits per heavy atom. The maximum atomic E-state index is 9.12. The summed E-state index contributed by atoms with van der Waals surface area (Å²) >= 11 is 0. The second kappa shape index (κ2) is 5.22. The van der Waals surface area contributed by atoms with E-state index in [1.165, 1.54) is 0 Å². The fourth-order valence-corrected chi connectivity index (χ4v) is 0.877. The summed E-state index contributed by atoms with van der Waals surface area (Å²) in [4.78, 5) is 3.25. The molecule has 0 aliphatic rings. The molecule has 4 heteroatoms. The molecular weight excluding hydrogens is 180 g/mol. The van der Waals surface area contributed by atoms with Gasteiger partial charge in [-0.3, -0.25) is 0 Å². The van der Waals surface area contributed by atoms with Crippen LogP contribution in [0.1, 0.15) is 0 Å². The Kier molecular flexibility index (Phi) is 3.92. The van der Waals surface area contributed by atoms with Gasteiger partial charge in [-0.2, -0.15) is 0 Å². The molecule has 0 radical (unpaired) electrons. The molecule has 1 aromatic carbocycles. The third kappa shape index (κ3) is 3.05. The average Bonchev–Trinajstić information content (AvgIpc) is 2.26. The van der Waals surface area contributed by atoms with Gasteiger partial charge in [0.25, 0.3) is 0 Å². The van der Waals surface area contributed by atoms with Crippen molar-refractivity contribution < 1.29 is 9.84 Å². The normalized spacial score (nSPS) is 11.8. The zero-order chi connectivity index (χ0) is 10.4. The molecule has 0 amide bonds. The molecule has 0 aliphatic carbocycles. The molecule has 74 valence electrons. The SMILES string of the molecule is [C-]#[N+]c1ccc(OC[C@H](O)CN)cc1. The molecule has 1 rings (SSSR count). The number of nitrogens with two attached hydrogens (primary N) is 1. The summed E-state index contributed by atoms with van der Waals surface area (Å²) in [5.74, 6) is 0.630. The molecule has 0 heterocycles. The summed E-state index contributed by atoms with van der Waals surface area (Å²) in [6.07, 6.45) is -0.643. The zero-order valence-corrected chi connectivity index (χ0v) is 7.68. The first-order valence-corrected chi connectivity index (χ1v) is 4.24. The van der Waals surface area contributed by atoms with Crippen molar-refractivity contribution in [3.05, 3.63) is 35.7 Å². The third-order valence-corrected chi connectivity index (χ3v) is 1.68. The van der Waals surface area contributed by atoms with E-state index < -0.39 is 6.10 Å². The lowest BCUT2D eigenvalue weighted by molar-refractivity contribution is 0.114. The predicted molar refractivity (Wildman–Crippen MR) is 53.3 cm³/mol. The summed E-state index contributed by atoms with van der Waals surface area (Å²) < 4.78 is 5.23. The molecule has 4 nitrogen and oxygen atoms in total. The first-order valence-electron chi connectivity index (χ1n) is 4.24. The number of aliphatic hydroxyl groups excluding tert-OH is 1. The molecule has 3 N–H and O–H groups in total. The van der Waals surface area contributed by atoms with Crippen molar-refractivity contribution in [2.75, 3.05) is 13.2 Å². The number of hydrogen-bond donors (Lipinski definition) is 2. The van der Waals surface area contributed by atoms with Crippen LogP contribution in [-0.4, -0.2) is 24.4 Å². The van der Waals surface area contributed by atoms with E-state index in [0.717, 1.165) is 0 Å². The van der Waals surface area contributed by atoms with Crippen LogP contribution in [0.2, 0.25) is 0 Å². The molecule has 0 saturated heterocycles. The Hall–Kier alpha value is -1.57. The fraction of sp³-hybridized carbons (Fsp3) is 0.300. The summed E-state index contributed by atoms with van der Waals surface area (Å²) in [5.41, 5.74) is 5.78. The van der Waals surface area contributed by atoms with Gasteiger partial charge in [0.2, 0.25) is 0 Å². The van der Waals surface area contributed by atoms with Crippen molar-refractivity contribution in [2.24, 2.45) is 5.73 Å². The van der Waals surface area contributed by atoms with E-state index in [4.69, 9.17) is 22.1 Å². The second-order valence-corrected chi connectivity index (χ2v) is 2.81. The minimum atomic E-state index is -0.643. The van der Waals surface area contributed by atoms with Crippen LogP contribution in [0.25, 0.3) is 4.85 Å². The van der Waals surface area contributed by atoms with E-state index in [9.17, 15) is 0 Å². The Morgan fingerprint density at radius 2 is 2.07 bits per heavy atom. The number of benzene rings is 1. The lowest BCUT2D eigenvalue weighted by atomic mass is 10.3. The van der Waals surface area contributed by atoms with Crippen LogP contribution < -0.4 is 10.5 Å². The molecular formula is C10H12N2O2. The predicted octanol–water partition coefficient (Wildman–Crippen LogP) is 0.936. The summed E-state index contributed by atoms with van der Waals surface area (Å²) in [5, 5.41) is 9.12. The highest BCUT2D eigenvalue weighted by Gasteiger charge is 2.01. The van der Waals surface area contributed by atoms with Crippen molar-refractivity contribution in [3.63, 3.8) is 0 Å².